The minimum atomic E-state index is -3.77. The molecule has 1 fully saturated rings. The average Bonchev–Trinajstić information content (AvgIpc) is 3.26. The average molecular weight is 462 g/mol. The second kappa shape index (κ2) is 8.51. The number of amides is 1. The molecule has 1 amide bonds. The lowest BCUT2D eigenvalue weighted by Crippen LogP contribution is -2.43. The van der Waals surface area contributed by atoms with E-state index in [2.05, 4.69) is 9.71 Å². The van der Waals surface area contributed by atoms with Crippen LogP contribution in [0.15, 0.2) is 50.8 Å². The number of hydrogen-bond donors (Lipinski definition) is 1. The molecule has 7 nitrogen and oxygen atoms in total. The van der Waals surface area contributed by atoms with Gasteiger partial charge in [0.15, 0.2) is 0 Å². The summed E-state index contributed by atoms with van der Waals surface area (Å²) in [6.07, 6.45) is 1.26. The van der Waals surface area contributed by atoms with Crippen LogP contribution >= 0.6 is 11.6 Å². The zero-order valence-corrected chi connectivity index (χ0v) is 19.0. The molecule has 1 aromatic heterocycles. The first-order chi connectivity index (χ1) is 14.7. The Morgan fingerprint density at radius 1 is 1.16 bits per heavy atom. The second-order valence-electron chi connectivity index (χ2n) is 7.84. The molecule has 1 saturated heterocycles. The van der Waals surface area contributed by atoms with E-state index in [-0.39, 0.29) is 16.7 Å². The monoisotopic (exact) mass is 461 g/mol. The third kappa shape index (κ3) is 4.55. The highest BCUT2D eigenvalue weighted by molar-refractivity contribution is 8.00. The molecule has 0 spiro atoms. The molecule has 0 radical (unpaired) electrons. The second-order valence-corrected chi connectivity index (χ2v) is 9.82. The fraction of sp³-hybridized carbons (Fsp3) is 0.364. The summed E-state index contributed by atoms with van der Waals surface area (Å²) in [5.41, 5.74) is 1.20. The summed E-state index contributed by atoms with van der Waals surface area (Å²) in [5, 5.41) is 3.47. The predicted molar refractivity (Wildman–Crippen MR) is 120 cm³/mol. The van der Waals surface area contributed by atoms with Gasteiger partial charge in [-0.1, -0.05) is 23.7 Å². The van der Waals surface area contributed by atoms with Gasteiger partial charge < -0.3 is 14.6 Å². The molecular weight excluding hydrogens is 438 g/mol. The van der Waals surface area contributed by atoms with Crippen LogP contribution in [0.25, 0.3) is 4.91 Å². The van der Waals surface area contributed by atoms with Gasteiger partial charge in [-0.3, -0.25) is 4.79 Å². The van der Waals surface area contributed by atoms with E-state index < -0.39 is 10.0 Å². The Morgan fingerprint density at radius 3 is 2.45 bits per heavy atom. The Hall–Kier alpha value is -2.58. The summed E-state index contributed by atoms with van der Waals surface area (Å²) >= 11 is 5.93. The number of nitrogens with one attached hydrogen (secondary N) is 1. The molecule has 0 atom stereocenters. The maximum atomic E-state index is 12.7. The smallest absolute Gasteiger partial charge is 0.285 e. The topological polar surface area (TPSA) is 92.0 Å². The highest BCUT2D eigenvalue weighted by Gasteiger charge is 2.35. The number of aryl methyl sites for hydroxylation is 1. The molecule has 164 valence electrons. The van der Waals surface area contributed by atoms with Gasteiger partial charge in [0.05, 0.1) is 6.54 Å². The summed E-state index contributed by atoms with van der Waals surface area (Å²) < 4.78 is 35.0. The van der Waals surface area contributed by atoms with E-state index in [1.54, 1.807) is 31.2 Å². The number of amidine groups is 1. The zero-order chi connectivity index (χ0) is 22.2. The summed E-state index contributed by atoms with van der Waals surface area (Å²) in [6, 6.07) is 10.4. The number of furan rings is 1. The largest absolute Gasteiger partial charge is 0.465 e. The molecule has 1 aromatic carbocycles. The van der Waals surface area contributed by atoms with Crippen molar-refractivity contribution in [1.82, 2.24) is 10.2 Å². The number of carbonyl (C=O) groups excluding carboxylic acids is 1. The van der Waals surface area contributed by atoms with Crippen molar-refractivity contribution in [3.8, 4) is 0 Å². The molecule has 2 aliphatic rings. The van der Waals surface area contributed by atoms with Gasteiger partial charge in [0.2, 0.25) is 5.91 Å². The number of nitrogens with zero attached hydrogens (tertiary/aromatic N) is 2. The molecule has 2 aromatic rings. The van der Waals surface area contributed by atoms with E-state index in [1.165, 1.54) is 0 Å². The SMILES string of the molecule is CC1=C(c2ccc(Cl)cc2)S(=O)(=O)N=C1N1CCC(C(=O)NCc2ccc(C)o2)CC1. The Bertz CT molecular complexity index is 1160. The van der Waals surface area contributed by atoms with Crippen molar-refractivity contribution in [2.24, 2.45) is 10.3 Å². The van der Waals surface area contributed by atoms with Gasteiger partial charge in [0, 0.05) is 29.6 Å². The number of likely N-dealkylation sites (tertiary alicyclic amines) is 1. The molecular formula is C22H24ClN3O4S. The van der Waals surface area contributed by atoms with Crippen molar-refractivity contribution in [2.45, 2.75) is 33.2 Å². The molecule has 0 bridgehead atoms. The predicted octanol–water partition coefficient (Wildman–Crippen LogP) is 3.74. The highest BCUT2D eigenvalue weighted by atomic mass is 35.5. The van der Waals surface area contributed by atoms with Crippen LogP contribution in [-0.4, -0.2) is 38.2 Å². The lowest BCUT2D eigenvalue weighted by Gasteiger charge is -2.32. The summed E-state index contributed by atoms with van der Waals surface area (Å²) in [6.45, 7) is 5.14. The van der Waals surface area contributed by atoms with Crippen LogP contribution in [0.4, 0.5) is 0 Å². The van der Waals surface area contributed by atoms with Crippen LogP contribution in [0.2, 0.25) is 5.02 Å². The first-order valence-electron chi connectivity index (χ1n) is 10.1. The van der Waals surface area contributed by atoms with E-state index >= 15 is 0 Å². The van der Waals surface area contributed by atoms with Gasteiger partial charge in [-0.25, -0.2) is 0 Å². The fourth-order valence-electron chi connectivity index (χ4n) is 4.04. The van der Waals surface area contributed by atoms with Gasteiger partial charge in [-0.2, -0.15) is 8.42 Å². The van der Waals surface area contributed by atoms with Crippen LogP contribution in [0.5, 0.6) is 0 Å². The first kappa shape index (κ1) is 21.6. The van der Waals surface area contributed by atoms with Gasteiger partial charge in [0.25, 0.3) is 10.0 Å². The minimum absolute atomic E-state index is 0.0104. The third-order valence-electron chi connectivity index (χ3n) is 5.65. The van der Waals surface area contributed by atoms with Crippen LogP contribution in [-0.2, 0) is 21.4 Å². The number of hydrogen-bond acceptors (Lipinski definition) is 5. The lowest BCUT2D eigenvalue weighted by molar-refractivity contribution is -0.126. The number of rotatable bonds is 4. The van der Waals surface area contributed by atoms with E-state index in [4.69, 9.17) is 16.0 Å². The van der Waals surface area contributed by atoms with Gasteiger partial charge in [0.1, 0.15) is 22.3 Å². The van der Waals surface area contributed by atoms with Crippen molar-refractivity contribution in [1.29, 1.82) is 0 Å². The first-order valence-corrected chi connectivity index (χ1v) is 12.0. The molecule has 9 heteroatoms. The van der Waals surface area contributed by atoms with Crippen molar-refractivity contribution in [3.63, 3.8) is 0 Å². The Morgan fingerprint density at radius 2 is 1.84 bits per heavy atom. The van der Waals surface area contributed by atoms with Crippen molar-refractivity contribution in [2.75, 3.05) is 13.1 Å². The third-order valence-corrected chi connectivity index (χ3v) is 7.37. The molecule has 1 N–H and O–H groups in total. The summed E-state index contributed by atoms with van der Waals surface area (Å²) in [5.74, 6) is 1.88. The van der Waals surface area contributed by atoms with E-state index in [1.807, 2.05) is 24.0 Å². The Kier molecular flexibility index (Phi) is 5.94. The van der Waals surface area contributed by atoms with E-state index in [0.717, 1.165) is 11.5 Å². The lowest BCUT2D eigenvalue weighted by atomic mass is 9.95. The molecule has 4 rings (SSSR count). The van der Waals surface area contributed by atoms with Crippen LogP contribution in [0, 0.1) is 12.8 Å². The number of halogens is 1. The minimum Gasteiger partial charge on any atom is -0.465 e. The number of benzene rings is 1. The zero-order valence-electron chi connectivity index (χ0n) is 17.4. The normalized spacial score (nSPS) is 18.9. The van der Waals surface area contributed by atoms with Gasteiger partial charge in [-0.15, -0.1) is 4.40 Å². The number of sulfonamides is 1. The molecule has 0 aliphatic carbocycles. The van der Waals surface area contributed by atoms with E-state index in [0.29, 0.717) is 54.5 Å². The van der Waals surface area contributed by atoms with Crippen molar-refractivity contribution in [3.05, 3.63) is 64.1 Å². The summed E-state index contributed by atoms with van der Waals surface area (Å²) in [7, 11) is -3.77. The molecule has 2 aliphatic heterocycles. The maximum absolute atomic E-state index is 12.7. The van der Waals surface area contributed by atoms with Crippen molar-refractivity contribution >= 4 is 38.3 Å². The highest BCUT2D eigenvalue weighted by Crippen LogP contribution is 2.35. The summed E-state index contributed by atoms with van der Waals surface area (Å²) in [4.78, 5) is 14.7. The van der Waals surface area contributed by atoms with Crippen molar-refractivity contribution < 1.29 is 17.6 Å². The number of carbonyl (C=O) groups is 1. The van der Waals surface area contributed by atoms with Crippen LogP contribution < -0.4 is 5.32 Å². The standard InChI is InChI=1S/C22H24ClN3O4S/c1-14-3-8-19(30-14)13-24-22(27)17-9-11-26(12-10-17)21-15(2)20(31(28,29)25-21)16-4-6-18(23)7-5-16/h3-8,17H,9-13H2,1-2H3,(H,24,27). The Labute approximate surface area is 186 Å². The van der Waals surface area contributed by atoms with Gasteiger partial charge >= 0.3 is 0 Å². The molecule has 31 heavy (non-hydrogen) atoms. The Balaban J connectivity index is 1.41. The van der Waals surface area contributed by atoms with Crippen LogP contribution in [0.1, 0.15) is 36.8 Å². The fourth-order valence-corrected chi connectivity index (χ4v) is 5.65. The maximum Gasteiger partial charge on any atom is 0.285 e. The van der Waals surface area contributed by atoms with Crippen LogP contribution in [0.3, 0.4) is 0 Å². The van der Waals surface area contributed by atoms with E-state index in [9.17, 15) is 13.2 Å². The molecule has 3 heterocycles. The number of piperidine rings is 1. The molecule has 0 saturated carbocycles. The van der Waals surface area contributed by atoms with Gasteiger partial charge in [-0.05, 0) is 56.5 Å². The quantitative estimate of drug-likeness (QED) is 0.748. The molecule has 0 unspecified atom stereocenters.